The summed E-state index contributed by atoms with van der Waals surface area (Å²) in [6.45, 7) is 0.973. The number of nitrogens with zero attached hydrogens (tertiary/aromatic N) is 1. The van der Waals surface area contributed by atoms with Crippen LogP contribution in [0.2, 0.25) is 5.02 Å². The summed E-state index contributed by atoms with van der Waals surface area (Å²) in [5.74, 6) is -2.51. The summed E-state index contributed by atoms with van der Waals surface area (Å²) in [6, 6.07) is 6.25. The maximum Gasteiger partial charge on any atom is 0.257 e. The van der Waals surface area contributed by atoms with E-state index in [1.165, 1.54) is 16.4 Å². The number of carbonyl (C=O) groups is 1. The van der Waals surface area contributed by atoms with Crippen LogP contribution >= 0.6 is 11.6 Å². The summed E-state index contributed by atoms with van der Waals surface area (Å²) in [6.07, 6.45) is 0. The van der Waals surface area contributed by atoms with Crippen molar-refractivity contribution >= 4 is 33.2 Å². The number of morpholine rings is 1. The first kappa shape index (κ1) is 19.7. The molecule has 144 valence electrons. The van der Waals surface area contributed by atoms with Crippen molar-refractivity contribution < 1.29 is 26.7 Å². The van der Waals surface area contributed by atoms with Gasteiger partial charge < -0.3 is 10.1 Å². The van der Waals surface area contributed by atoms with E-state index in [9.17, 15) is 22.0 Å². The number of nitrogens with one attached hydrogen (secondary N) is 1. The van der Waals surface area contributed by atoms with Gasteiger partial charge in [-0.1, -0.05) is 11.6 Å². The van der Waals surface area contributed by atoms with Gasteiger partial charge in [-0.3, -0.25) is 4.79 Å². The van der Waals surface area contributed by atoms with Crippen LogP contribution in [-0.4, -0.2) is 44.9 Å². The minimum atomic E-state index is -3.83. The Morgan fingerprint density at radius 2 is 1.70 bits per heavy atom. The molecule has 0 bridgehead atoms. The predicted molar refractivity (Wildman–Crippen MR) is 95.3 cm³/mol. The highest BCUT2D eigenvalue weighted by Crippen LogP contribution is 2.25. The normalized spacial score (nSPS) is 15.5. The van der Waals surface area contributed by atoms with Crippen molar-refractivity contribution in [2.75, 3.05) is 31.6 Å². The number of halogens is 3. The van der Waals surface area contributed by atoms with Crippen molar-refractivity contribution in [2.24, 2.45) is 0 Å². The largest absolute Gasteiger partial charge is 0.379 e. The van der Waals surface area contributed by atoms with Gasteiger partial charge in [0.1, 0.15) is 11.6 Å². The van der Waals surface area contributed by atoms with E-state index in [4.69, 9.17) is 16.3 Å². The number of ether oxygens (including phenoxy) is 1. The van der Waals surface area contributed by atoms with Crippen LogP contribution in [0.1, 0.15) is 10.4 Å². The Morgan fingerprint density at radius 3 is 2.33 bits per heavy atom. The average Bonchev–Trinajstić information content (AvgIpc) is 2.61. The van der Waals surface area contributed by atoms with E-state index in [0.29, 0.717) is 6.07 Å². The summed E-state index contributed by atoms with van der Waals surface area (Å²) in [5.41, 5.74) is -0.245. The average molecular weight is 417 g/mol. The van der Waals surface area contributed by atoms with Crippen molar-refractivity contribution in [3.8, 4) is 0 Å². The van der Waals surface area contributed by atoms with Crippen molar-refractivity contribution in [2.45, 2.75) is 4.90 Å². The third-order valence-corrected chi connectivity index (χ3v) is 6.13. The van der Waals surface area contributed by atoms with E-state index in [-0.39, 0.29) is 47.5 Å². The minimum Gasteiger partial charge on any atom is -0.379 e. The number of hydrogen-bond acceptors (Lipinski definition) is 4. The Balaban J connectivity index is 1.89. The third-order valence-electron chi connectivity index (χ3n) is 3.91. The molecule has 1 amide bonds. The molecule has 1 saturated heterocycles. The topological polar surface area (TPSA) is 75.7 Å². The van der Waals surface area contributed by atoms with Gasteiger partial charge in [0.15, 0.2) is 0 Å². The highest BCUT2D eigenvalue weighted by Gasteiger charge is 2.27. The van der Waals surface area contributed by atoms with E-state index >= 15 is 0 Å². The molecule has 0 aromatic heterocycles. The summed E-state index contributed by atoms with van der Waals surface area (Å²) < 4.78 is 58.4. The molecule has 0 saturated carbocycles. The van der Waals surface area contributed by atoms with Crippen molar-refractivity contribution in [1.82, 2.24) is 4.31 Å². The van der Waals surface area contributed by atoms with Crippen LogP contribution in [-0.2, 0) is 14.8 Å². The number of amides is 1. The molecule has 2 aromatic rings. The first-order valence-electron chi connectivity index (χ1n) is 7.92. The van der Waals surface area contributed by atoms with E-state index in [2.05, 4.69) is 5.32 Å². The van der Waals surface area contributed by atoms with Crippen molar-refractivity contribution in [1.29, 1.82) is 0 Å². The predicted octanol–water partition coefficient (Wildman–Crippen LogP) is 2.89. The van der Waals surface area contributed by atoms with Gasteiger partial charge in [0.05, 0.1) is 28.7 Å². The zero-order valence-electron chi connectivity index (χ0n) is 13.9. The summed E-state index contributed by atoms with van der Waals surface area (Å²) in [7, 11) is -3.83. The molecule has 6 nitrogen and oxygen atoms in total. The van der Waals surface area contributed by atoms with Crippen molar-refractivity contribution in [3.05, 3.63) is 58.6 Å². The lowest BCUT2D eigenvalue weighted by Crippen LogP contribution is -2.40. The van der Waals surface area contributed by atoms with Crippen LogP contribution in [0.15, 0.2) is 41.3 Å². The van der Waals surface area contributed by atoms with Crippen LogP contribution in [0.5, 0.6) is 0 Å². The monoisotopic (exact) mass is 416 g/mol. The molecule has 0 radical (unpaired) electrons. The van der Waals surface area contributed by atoms with Gasteiger partial charge in [0.25, 0.3) is 5.91 Å². The molecule has 1 fully saturated rings. The van der Waals surface area contributed by atoms with Gasteiger partial charge in [-0.2, -0.15) is 4.31 Å². The fourth-order valence-corrected chi connectivity index (χ4v) is 4.24. The van der Waals surface area contributed by atoms with Crippen LogP contribution in [0.3, 0.4) is 0 Å². The molecule has 1 N–H and O–H groups in total. The van der Waals surface area contributed by atoms with Gasteiger partial charge in [-0.15, -0.1) is 0 Å². The lowest BCUT2D eigenvalue weighted by Gasteiger charge is -2.26. The van der Waals surface area contributed by atoms with E-state index in [1.807, 2.05) is 0 Å². The SMILES string of the molecule is O=C(Nc1cc(F)cc(F)c1)c1cc(S(=O)(=O)N2CCOCC2)ccc1Cl. The fraction of sp³-hybridized carbons (Fsp3) is 0.235. The molecule has 27 heavy (non-hydrogen) atoms. The molecule has 1 heterocycles. The van der Waals surface area contributed by atoms with Gasteiger partial charge in [-0.25, -0.2) is 17.2 Å². The molecular weight excluding hydrogens is 402 g/mol. The zero-order chi connectivity index (χ0) is 19.6. The van der Waals surface area contributed by atoms with Crippen LogP contribution in [0.4, 0.5) is 14.5 Å². The second-order valence-electron chi connectivity index (χ2n) is 5.77. The molecule has 3 rings (SSSR count). The van der Waals surface area contributed by atoms with E-state index in [1.54, 1.807) is 0 Å². The zero-order valence-corrected chi connectivity index (χ0v) is 15.5. The maximum absolute atomic E-state index is 13.3. The van der Waals surface area contributed by atoms with Gasteiger partial charge >= 0.3 is 0 Å². The molecule has 1 aliphatic rings. The Hall–Kier alpha value is -2.07. The number of hydrogen-bond donors (Lipinski definition) is 1. The highest BCUT2D eigenvalue weighted by molar-refractivity contribution is 7.89. The summed E-state index contributed by atoms with van der Waals surface area (Å²) in [4.78, 5) is 12.3. The minimum absolute atomic E-state index is 0.00491. The second-order valence-corrected chi connectivity index (χ2v) is 8.12. The van der Waals surface area contributed by atoms with E-state index in [0.717, 1.165) is 18.2 Å². The number of benzene rings is 2. The van der Waals surface area contributed by atoms with Crippen LogP contribution < -0.4 is 5.32 Å². The van der Waals surface area contributed by atoms with Crippen LogP contribution in [0.25, 0.3) is 0 Å². The van der Waals surface area contributed by atoms with Crippen LogP contribution in [0, 0.1) is 11.6 Å². The molecule has 0 unspecified atom stereocenters. The van der Waals surface area contributed by atoms with Gasteiger partial charge in [-0.05, 0) is 30.3 Å². The summed E-state index contributed by atoms with van der Waals surface area (Å²) in [5, 5.41) is 2.31. The standard InChI is InChI=1S/C17H15ClF2N2O4S/c18-16-2-1-14(27(24,25)22-3-5-26-6-4-22)10-15(16)17(23)21-13-8-11(19)7-12(20)9-13/h1-2,7-10H,3-6H2,(H,21,23). The Kier molecular flexibility index (Phi) is 5.75. The molecule has 0 spiro atoms. The smallest absolute Gasteiger partial charge is 0.257 e. The van der Waals surface area contributed by atoms with Gasteiger partial charge in [0, 0.05) is 24.8 Å². The molecule has 0 aliphatic carbocycles. The molecular formula is C17H15ClF2N2O4S. The molecule has 0 atom stereocenters. The quantitative estimate of drug-likeness (QED) is 0.831. The molecule has 2 aromatic carbocycles. The Morgan fingerprint density at radius 1 is 1.07 bits per heavy atom. The first-order chi connectivity index (χ1) is 12.8. The van der Waals surface area contributed by atoms with Gasteiger partial charge in [0.2, 0.25) is 10.0 Å². The Labute approximate surface area is 159 Å². The molecule has 10 heteroatoms. The number of sulfonamides is 1. The third kappa shape index (κ3) is 4.44. The summed E-state index contributed by atoms with van der Waals surface area (Å²) >= 11 is 6.02. The fourth-order valence-electron chi connectivity index (χ4n) is 2.60. The maximum atomic E-state index is 13.3. The lowest BCUT2D eigenvalue weighted by atomic mass is 10.2. The second kappa shape index (κ2) is 7.89. The lowest BCUT2D eigenvalue weighted by molar-refractivity contribution is 0.0730. The number of carbonyl (C=O) groups excluding carboxylic acids is 1. The number of rotatable bonds is 4. The highest BCUT2D eigenvalue weighted by atomic mass is 35.5. The Bertz CT molecular complexity index is 959. The van der Waals surface area contributed by atoms with E-state index < -0.39 is 27.6 Å². The number of anilines is 1. The first-order valence-corrected chi connectivity index (χ1v) is 9.74. The van der Waals surface area contributed by atoms with Crippen molar-refractivity contribution in [3.63, 3.8) is 0 Å². The molecule has 1 aliphatic heterocycles.